The summed E-state index contributed by atoms with van der Waals surface area (Å²) in [5, 5.41) is 3.34. The van der Waals surface area contributed by atoms with Gasteiger partial charge in [0.1, 0.15) is 0 Å². The molecule has 1 rings (SSSR count). The highest BCUT2D eigenvalue weighted by molar-refractivity contribution is 5.15. The van der Waals surface area contributed by atoms with Crippen LogP contribution >= 0.6 is 0 Å². The summed E-state index contributed by atoms with van der Waals surface area (Å²) >= 11 is 0. The average molecular weight is 222 g/mol. The van der Waals surface area contributed by atoms with E-state index in [1.54, 1.807) is 0 Å². The standard InChI is InChI=1S/C13H22N2O/c1-10(2)9-16-13-7-5-6-12(15-13)8-14-11(3)4/h5-7,10-11,14H,8-9H2,1-4H3. The van der Waals surface area contributed by atoms with Crippen LogP contribution in [-0.4, -0.2) is 17.6 Å². The monoisotopic (exact) mass is 222 g/mol. The number of ether oxygens (including phenoxy) is 1. The molecule has 1 heterocycles. The van der Waals surface area contributed by atoms with Crippen LogP contribution < -0.4 is 10.1 Å². The SMILES string of the molecule is CC(C)COc1cccc(CNC(C)C)n1. The molecular formula is C13H22N2O. The summed E-state index contributed by atoms with van der Waals surface area (Å²) in [6.45, 7) is 10.0. The molecule has 1 N–H and O–H groups in total. The molecule has 0 unspecified atom stereocenters. The maximum atomic E-state index is 5.58. The van der Waals surface area contributed by atoms with E-state index in [2.05, 4.69) is 38.0 Å². The van der Waals surface area contributed by atoms with E-state index in [1.165, 1.54) is 0 Å². The predicted octanol–water partition coefficient (Wildman–Crippen LogP) is 2.61. The molecule has 0 atom stereocenters. The predicted molar refractivity (Wildman–Crippen MR) is 66.5 cm³/mol. The van der Waals surface area contributed by atoms with Crippen molar-refractivity contribution in [2.24, 2.45) is 5.92 Å². The summed E-state index contributed by atoms with van der Waals surface area (Å²) in [5.74, 6) is 1.25. The second-order valence-electron chi connectivity index (χ2n) is 4.71. The normalized spacial score (nSPS) is 11.1. The zero-order valence-electron chi connectivity index (χ0n) is 10.7. The number of hydrogen-bond acceptors (Lipinski definition) is 3. The molecule has 0 fully saturated rings. The van der Waals surface area contributed by atoms with E-state index in [0.717, 1.165) is 18.1 Å². The van der Waals surface area contributed by atoms with Crippen LogP contribution in [0.1, 0.15) is 33.4 Å². The van der Waals surface area contributed by atoms with Gasteiger partial charge in [0, 0.05) is 18.7 Å². The molecule has 3 heteroatoms. The Kier molecular flexibility index (Phi) is 5.26. The molecule has 16 heavy (non-hydrogen) atoms. The van der Waals surface area contributed by atoms with Gasteiger partial charge >= 0.3 is 0 Å². The minimum absolute atomic E-state index is 0.474. The lowest BCUT2D eigenvalue weighted by molar-refractivity contribution is 0.260. The molecule has 0 spiro atoms. The molecule has 0 saturated heterocycles. The van der Waals surface area contributed by atoms with Gasteiger partial charge in [-0.05, 0) is 12.0 Å². The van der Waals surface area contributed by atoms with Crippen molar-refractivity contribution in [2.45, 2.75) is 40.3 Å². The lowest BCUT2D eigenvalue weighted by Gasteiger charge is -2.10. The van der Waals surface area contributed by atoms with Gasteiger partial charge < -0.3 is 10.1 Å². The Labute approximate surface area is 98.2 Å². The third-order valence-electron chi connectivity index (χ3n) is 2.04. The van der Waals surface area contributed by atoms with E-state index in [-0.39, 0.29) is 0 Å². The molecule has 0 saturated carbocycles. The van der Waals surface area contributed by atoms with Crippen molar-refractivity contribution in [3.8, 4) is 5.88 Å². The number of aromatic nitrogens is 1. The van der Waals surface area contributed by atoms with E-state index in [1.807, 2.05) is 18.2 Å². The van der Waals surface area contributed by atoms with Gasteiger partial charge in [0.25, 0.3) is 0 Å². The summed E-state index contributed by atoms with van der Waals surface area (Å²) in [6, 6.07) is 6.38. The largest absolute Gasteiger partial charge is 0.477 e. The molecule has 0 aliphatic heterocycles. The van der Waals surface area contributed by atoms with Gasteiger partial charge in [0.15, 0.2) is 0 Å². The van der Waals surface area contributed by atoms with E-state index < -0.39 is 0 Å². The Hall–Kier alpha value is -1.09. The summed E-state index contributed by atoms with van der Waals surface area (Å²) in [5.41, 5.74) is 1.02. The Morgan fingerprint density at radius 1 is 1.25 bits per heavy atom. The van der Waals surface area contributed by atoms with Gasteiger partial charge in [0.05, 0.1) is 12.3 Å². The number of nitrogens with zero attached hydrogens (tertiary/aromatic N) is 1. The Morgan fingerprint density at radius 3 is 2.62 bits per heavy atom. The van der Waals surface area contributed by atoms with Crippen LogP contribution in [0.25, 0.3) is 0 Å². The number of pyridine rings is 1. The molecule has 0 radical (unpaired) electrons. The van der Waals surface area contributed by atoms with Gasteiger partial charge in [-0.15, -0.1) is 0 Å². The third-order valence-corrected chi connectivity index (χ3v) is 2.04. The van der Waals surface area contributed by atoms with Crippen molar-refractivity contribution in [2.75, 3.05) is 6.61 Å². The van der Waals surface area contributed by atoms with Gasteiger partial charge in [-0.1, -0.05) is 33.8 Å². The van der Waals surface area contributed by atoms with Crippen LogP contribution in [0, 0.1) is 5.92 Å². The van der Waals surface area contributed by atoms with Crippen molar-refractivity contribution in [3.63, 3.8) is 0 Å². The van der Waals surface area contributed by atoms with E-state index in [4.69, 9.17) is 4.74 Å². The first-order valence-corrected chi connectivity index (χ1v) is 5.90. The summed E-state index contributed by atoms with van der Waals surface area (Å²) in [4.78, 5) is 4.43. The second kappa shape index (κ2) is 6.48. The minimum atomic E-state index is 0.474. The van der Waals surface area contributed by atoms with Crippen LogP contribution in [0.15, 0.2) is 18.2 Å². The number of nitrogens with one attached hydrogen (secondary N) is 1. The number of rotatable bonds is 6. The summed E-state index contributed by atoms with van der Waals surface area (Å²) < 4.78 is 5.58. The first-order valence-electron chi connectivity index (χ1n) is 5.90. The molecule has 0 bridgehead atoms. The van der Waals surface area contributed by atoms with Crippen LogP contribution in [-0.2, 0) is 6.54 Å². The van der Waals surface area contributed by atoms with Gasteiger partial charge in [-0.3, -0.25) is 0 Å². The van der Waals surface area contributed by atoms with Crippen molar-refractivity contribution in [3.05, 3.63) is 23.9 Å². The van der Waals surface area contributed by atoms with E-state index in [0.29, 0.717) is 18.6 Å². The Balaban J connectivity index is 2.50. The van der Waals surface area contributed by atoms with Crippen LogP contribution in [0.2, 0.25) is 0 Å². The van der Waals surface area contributed by atoms with Crippen molar-refractivity contribution in [1.82, 2.24) is 10.3 Å². The third kappa shape index (κ3) is 5.12. The quantitative estimate of drug-likeness (QED) is 0.803. The van der Waals surface area contributed by atoms with Gasteiger partial charge in [-0.25, -0.2) is 4.98 Å². The molecule has 3 nitrogen and oxygen atoms in total. The zero-order valence-corrected chi connectivity index (χ0v) is 10.7. The fraction of sp³-hybridized carbons (Fsp3) is 0.615. The van der Waals surface area contributed by atoms with E-state index in [9.17, 15) is 0 Å². The first-order chi connectivity index (χ1) is 7.58. The fourth-order valence-electron chi connectivity index (χ4n) is 1.20. The molecular weight excluding hydrogens is 200 g/mol. The minimum Gasteiger partial charge on any atom is -0.477 e. The summed E-state index contributed by atoms with van der Waals surface area (Å²) in [7, 11) is 0. The molecule has 0 aliphatic rings. The van der Waals surface area contributed by atoms with Gasteiger partial charge in [0.2, 0.25) is 5.88 Å². The Bertz CT molecular complexity index is 283. The van der Waals surface area contributed by atoms with Crippen molar-refractivity contribution < 1.29 is 4.74 Å². The zero-order chi connectivity index (χ0) is 12.0. The molecule has 0 aromatic carbocycles. The highest BCUT2D eigenvalue weighted by Gasteiger charge is 2.01. The molecule has 0 aliphatic carbocycles. The van der Waals surface area contributed by atoms with Gasteiger partial charge in [-0.2, -0.15) is 0 Å². The van der Waals surface area contributed by atoms with Crippen LogP contribution in [0.5, 0.6) is 5.88 Å². The Morgan fingerprint density at radius 2 is 2.00 bits per heavy atom. The van der Waals surface area contributed by atoms with Crippen LogP contribution in [0.4, 0.5) is 0 Å². The number of hydrogen-bond donors (Lipinski definition) is 1. The highest BCUT2D eigenvalue weighted by Crippen LogP contribution is 2.09. The lowest BCUT2D eigenvalue weighted by atomic mass is 10.2. The lowest BCUT2D eigenvalue weighted by Crippen LogP contribution is -2.22. The second-order valence-corrected chi connectivity index (χ2v) is 4.71. The average Bonchev–Trinajstić information content (AvgIpc) is 2.24. The fourth-order valence-corrected chi connectivity index (χ4v) is 1.20. The maximum Gasteiger partial charge on any atom is 0.213 e. The van der Waals surface area contributed by atoms with Crippen LogP contribution in [0.3, 0.4) is 0 Å². The molecule has 90 valence electrons. The molecule has 1 aromatic heterocycles. The first kappa shape index (κ1) is 13.0. The smallest absolute Gasteiger partial charge is 0.213 e. The maximum absolute atomic E-state index is 5.58. The topological polar surface area (TPSA) is 34.1 Å². The van der Waals surface area contributed by atoms with E-state index >= 15 is 0 Å². The highest BCUT2D eigenvalue weighted by atomic mass is 16.5. The molecule has 0 amide bonds. The summed E-state index contributed by atoms with van der Waals surface area (Å²) in [6.07, 6.45) is 0. The molecule has 1 aromatic rings. The van der Waals surface area contributed by atoms with Crippen molar-refractivity contribution >= 4 is 0 Å². The van der Waals surface area contributed by atoms with Crippen molar-refractivity contribution in [1.29, 1.82) is 0 Å².